The lowest BCUT2D eigenvalue weighted by Crippen LogP contribution is -2.34. The molecule has 1 fully saturated rings. The van der Waals surface area contributed by atoms with E-state index >= 15 is 0 Å². The second kappa shape index (κ2) is 8.75. The third-order valence-electron chi connectivity index (χ3n) is 5.32. The Bertz CT molecular complexity index is 908. The van der Waals surface area contributed by atoms with Gasteiger partial charge in [0, 0.05) is 19.0 Å². The summed E-state index contributed by atoms with van der Waals surface area (Å²) < 4.78 is 6.02. The van der Waals surface area contributed by atoms with Crippen LogP contribution in [-0.4, -0.2) is 23.9 Å². The summed E-state index contributed by atoms with van der Waals surface area (Å²) >= 11 is 0. The van der Waals surface area contributed by atoms with Crippen LogP contribution >= 0.6 is 0 Å². The fourth-order valence-corrected chi connectivity index (χ4v) is 3.84. The largest absolute Gasteiger partial charge is 0.457 e. The van der Waals surface area contributed by atoms with Crippen LogP contribution in [0.2, 0.25) is 0 Å². The van der Waals surface area contributed by atoms with Crippen LogP contribution in [-0.2, 0) is 0 Å². The number of hydrogen-bond acceptors (Lipinski definition) is 2. The third-order valence-corrected chi connectivity index (χ3v) is 5.32. The number of carbonyl (C=O) groups is 1. The summed E-state index contributed by atoms with van der Waals surface area (Å²) in [5, 5.41) is 0. The van der Waals surface area contributed by atoms with E-state index in [1.54, 1.807) is 0 Å². The first-order valence-corrected chi connectivity index (χ1v) is 9.97. The molecule has 1 aliphatic heterocycles. The topological polar surface area (TPSA) is 29.5 Å². The first-order valence-electron chi connectivity index (χ1n) is 9.97. The molecule has 0 aliphatic carbocycles. The number of carbonyl (C=O) groups excluding carboxylic acids is 1. The highest BCUT2D eigenvalue weighted by atomic mass is 16.5. The Morgan fingerprint density at radius 1 is 0.821 bits per heavy atom. The molecule has 142 valence electrons. The van der Waals surface area contributed by atoms with Crippen LogP contribution in [0.15, 0.2) is 84.9 Å². The molecule has 0 saturated carbocycles. The molecule has 1 aliphatic rings. The predicted octanol–water partition coefficient (Wildman–Crippen LogP) is 5.89. The van der Waals surface area contributed by atoms with Gasteiger partial charge in [-0.15, -0.1) is 0 Å². The van der Waals surface area contributed by atoms with Gasteiger partial charge < -0.3 is 9.64 Å². The molecular weight excluding hydrogens is 346 g/mol. The zero-order valence-corrected chi connectivity index (χ0v) is 16.0. The van der Waals surface area contributed by atoms with Crippen LogP contribution in [0, 0.1) is 0 Å². The van der Waals surface area contributed by atoms with Crippen molar-refractivity contribution in [3.8, 4) is 11.5 Å². The summed E-state index contributed by atoms with van der Waals surface area (Å²) in [6, 6.07) is 27.7. The van der Waals surface area contributed by atoms with Gasteiger partial charge in [-0.25, -0.2) is 0 Å². The minimum atomic E-state index is 0.0503. The molecule has 3 aromatic carbocycles. The van der Waals surface area contributed by atoms with Gasteiger partial charge in [0.05, 0.1) is 5.56 Å². The standard InChI is InChI=1S/C25H25NO2/c27-25(23-16-7-8-17-24(23)28-22-14-5-2-6-15-22)26-18-10-9-13-21(19-26)20-11-3-1-4-12-20/h1-8,11-12,14-17,21H,9-10,13,18-19H2. The highest BCUT2D eigenvalue weighted by Crippen LogP contribution is 2.30. The SMILES string of the molecule is O=C(c1ccccc1Oc1ccccc1)N1CCCCC(c2ccccc2)C1. The van der Waals surface area contributed by atoms with Crippen molar-refractivity contribution in [2.75, 3.05) is 13.1 Å². The van der Waals surface area contributed by atoms with Crippen molar-refractivity contribution >= 4 is 5.91 Å². The predicted molar refractivity (Wildman–Crippen MR) is 112 cm³/mol. The molecule has 1 unspecified atom stereocenters. The van der Waals surface area contributed by atoms with E-state index < -0.39 is 0 Å². The summed E-state index contributed by atoms with van der Waals surface area (Å²) in [5.41, 5.74) is 1.94. The lowest BCUT2D eigenvalue weighted by Gasteiger charge is -2.25. The Hall–Kier alpha value is -3.07. The average molecular weight is 371 g/mol. The van der Waals surface area contributed by atoms with Gasteiger partial charge in [-0.05, 0) is 42.7 Å². The molecule has 3 aromatic rings. The second-order valence-corrected chi connectivity index (χ2v) is 7.27. The molecule has 0 spiro atoms. The summed E-state index contributed by atoms with van der Waals surface area (Å²) in [6.07, 6.45) is 3.30. The molecule has 0 radical (unpaired) electrons. The van der Waals surface area contributed by atoms with E-state index in [1.807, 2.05) is 65.6 Å². The summed E-state index contributed by atoms with van der Waals surface area (Å²) in [5.74, 6) is 1.78. The number of benzene rings is 3. The molecule has 0 bridgehead atoms. The van der Waals surface area contributed by atoms with Crippen LogP contribution in [0.1, 0.15) is 41.1 Å². The molecule has 3 heteroatoms. The fourth-order valence-electron chi connectivity index (χ4n) is 3.84. The Labute approximate surface area is 166 Å². The molecule has 28 heavy (non-hydrogen) atoms. The van der Waals surface area contributed by atoms with Gasteiger partial charge in [0.2, 0.25) is 0 Å². The van der Waals surface area contributed by atoms with Crippen molar-refractivity contribution in [3.63, 3.8) is 0 Å². The summed E-state index contributed by atoms with van der Waals surface area (Å²) in [7, 11) is 0. The van der Waals surface area contributed by atoms with Gasteiger partial charge in [-0.3, -0.25) is 4.79 Å². The number of amides is 1. The van der Waals surface area contributed by atoms with Crippen LogP contribution in [0.5, 0.6) is 11.5 Å². The van der Waals surface area contributed by atoms with Crippen molar-refractivity contribution < 1.29 is 9.53 Å². The van der Waals surface area contributed by atoms with Gasteiger partial charge in [0.25, 0.3) is 5.91 Å². The number of hydrogen-bond donors (Lipinski definition) is 0. The molecule has 1 atom stereocenters. The van der Waals surface area contributed by atoms with Crippen LogP contribution in [0.3, 0.4) is 0 Å². The zero-order valence-electron chi connectivity index (χ0n) is 16.0. The Balaban J connectivity index is 1.56. The van der Waals surface area contributed by atoms with Crippen molar-refractivity contribution in [2.45, 2.75) is 25.2 Å². The molecule has 3 nitrogen and oxygen atoms in total. The smallest absolute Gasteiger partial charge is 0.257 e. The molecule has 1 saturated heterocycles. The van der Waals surface area contributed by atoms with E-state index in [0.29, 0.717) is 17.2 Å². The van der Waals surface area contributed by atoms with Gasteiger partial charge in [0.1, 0.15) is 11.5 Å². The molecule has 0 N–H and O–H groups in total. The number of nitrogens with zero attached hydrogens (tertiary/aromatic N) is 1. The second-order valence-electron chi connectivity index (χ2n) is 7.27. The number of ether oxygens (including phenoxy) is 1. The van der Waals surface area contributed by atoms with E-state index in [4.69, 9.17) is 4.74 Å². The molecule has 1 amide bonds. The first kappa shape index (κ1) is 18.3. The maximum atomic E-state index is 13.4. The van der Waals surface area contributed by atoms with E-state index in [1.165, 1.54) is 5.56 Å². The Morgan fingerprint density at radius 3 is 2.29 bits per heavy atom. The molecule has 0 aromatic heterocycles. The average Bonchev–Trinajstić information content (AvgIpc) is 3.01. The monoisotopic (exact) mass is 371 g/mol. The zero-order chi connectivity index (χ0) is 19.2. The highest BCUT2D eigenvalue weighted by Gasteiger charge is 2.25. The maximum Gasteiger partial charge on any atom is 0.257 e. The molecule has 1 heterocycles. The van der Waals surface area contributed by atoms with Crippen molar-refractivity contribution in [1.82, 2.24) is 4.90 Å². The molecular formula is C25H25NO2. The van der Waals surface area contributed by atoms with Crippen molar-refractivity contribution in [3.05, 3.63) is 96.1 Å². The van der Waals surface area contributed by atoms with Crippen molar-refractivity contribution in [2.24, 2.45) is 0 Å². The molecule has 4 rings (SSSR count). The normalized spacial score (nSPS) is 17.0. The number of para-hydroxylation sites is 2. The number of likely N-dealkylation sites (tertiary alicyclic amines) is 1. The number of rotatable bonds is 4. The van der Waals surface area contributed by atoms with E-state index in [9.17, 15) is 4.79 Å². The van der Waals surface area contributed by atoms with Gasteiger partial charge in [-0.1, -0.05) is 67.1 Å². The fraction of sp³-hybridized carbons (Fsp3) is 0.240. The minimum Gasteiger partial charge on any atom is -0.457 e. The van der Waals surface area contributed by atoms with Crippen molar-refractivity contribution in [1.29, 1.82) is 0 Å². The summed E-state index contributed by atoms with van der Waals surface area (Å²) in [4.78, 5) is 15.4. The quantitative estimate of drug-likeness (QED) is 0.572. The van der Waals surface area contributed by atoms with E-state index in [0.717, 1.165) is 38.1 Å². The Kier molecular flexibility index (Phi) is 5.72. The van der Waals surface area contributed by atoms with Gasteiger partial charge in [0.15, 0.2) is 0 Å². The van der Waals surface area contributed by atoms with E-state index in [-0.39, 0.29) is 5.91 Å². The Morgan fingerprint density at radius 2 is 1.50 bits per heavy atom. The van der Waals surface area contributed by atoms with E-state index in [2.05, 4.69) is 24.3 Å². The van der Waals surface area contributed by atoms with Gasteiger partial charge in [-0.2, -0.15) is 0 Å². The lowest BCUT2D eigenvalue weighted by atomic mass is 9.94. The first-order chi connectivity index (χ1) is 13.8. The van der Waals surface area contributed by atoms with Crippen LogP contribution in [0.4, 0.5) is 0 Å². The summed E-state index contributed by atoms with van der Waals surface area (Å²) in [6.45, 7) is 1.55. The minimum absolute atomic E-state index is 0.0503. The third kappa shape index (κ3) is 4.25. The highest BCUT2D eigenvalue weighted by molar-refractivity contribution is 5.97. The van der Waals surface area contributed by atoms with Gasteiger partial charge >= 0.3 is 0 Å². The van der Waals surface area contributed by atoms with Crippen LogP contribution < -0.4 is 4.74 Å². The van der Waals surface area contributed by atoms with Crippen LogP contribution in [0.25, 0.3) is 0 Å². The maximum absolute atomic E-state index is 13.4. The lowest BCUT2D eigenvalue weighted by molar-refractivity contribution is 0.0752.